The topological polar surface area (TPSA) is 115 Å². The first-order valence-corrected chi connectivity index (χ1v) is 11.4. The minimum absolute atomic E-state index is 0.0998. The largest absolute Gasteiger partial charge is 0.493 e. The van der Waals surface area contributed by atoms with Crippen LogP contribution in [0.1, 0.15) is 24.5 Å². The Kier molecular flexibility index (Phi) is 8.42. The van der Waals surface area contributed by atoms with Gasteiger partial charge in [-0.1, -0.05) is 0 Å². The zero-order valence-corrected chi connectivity index (χ0v) is 21.3. The molecule has 0 fully saturated rings. The fourth-order valence-corrected chi connectivity index (χ4v) is 3.80. The molecule has 10 heteroatoms. The summed E-state index contributed by atoms with van der Waals surface area (Å²) in [6.07, 6.45) is 1.21. The van der Waals surface area contributed by atoms with Crippen molar-refractivity contribution in [1.82, 2.24) is 0 Å². The summed E-state index contributed by atoms with van der Waals surface area (Å²) >= 11 is 0. The van der Waals surface area contributed by atoms with Gasteiger partial charge in [0.15, 0.2) is 11.5 Å². The van der Waals surface area contributed by atoms with Crippen LogP contribution in [0.2, 0.25) is 0 Å². The van der Waals surface area contributed by atoms with E-state index in [4.69, 9.17) is 18.9 Å². The third-order valence-electron chi connectivity index (χ3n) is 5.65. The lowest BCUT2D eigenvalue weighted by Crippen LogP contribution is -2.37. The average Bonchev–Trinajstić information content (AvgIpc) is 2.94. The molecule has 1 aliphatic heterocycles. The Balaban J connectivity index is 1.91. The number of hydrogen-bond acceptors (Lipinski definition) is 8. The number of anilines is 3. The number of carbonyl (C=O) groups is 3. The summed E-state index contributed by atoms with van der Waals surface area (Å²) in [5, 5.41) is 5.95. The molecule has 0 saturated carbocycles. The van der Waals surface area contributed by atoms with E-state index in [1.165, 1.54) is 32.3 Å². The molecule has 0 atom stereocenters. The molecule has 2 N–H and O–H groups in total. The molecule has 0 unspecified atom stereocenters. The van der Waals surface area contributed by atoms with E-state index < -0.39 is 17.8 Å². The van der Waals surface area contributed by atoms with E-state index in [1.54, 1.807) is 19.1 Å². The Morgan fingerprint density at radius 2 is 1.61 bits per heavy atom. The number of rotatable bonds is 9. The van der Waals surface area contributed by atoms with Crippen LogP contribution in [0.15, 0.2) is 36.0 Å². The second-order valence-electron chi connectivity index (χ2n) is 8.12. The molecular formula is C26H31N3O7. The molecule has 0 radical (unpaired) electrons. The van der Waals surface area contributed by atoms with Crippen molar-refractivity contribution in [1.29, 1.82) is 0 Å². The maximum Gasteiger partial charge on any atom is 0.311 e. The number of amides is 2. The first kappa shape index (κ1) is 26.4. The normalized spacial score (nSPS) is 12.6. The number of nitrogens with zero attached hydrogens (tertiary/aromatic N) is 1. The summed E-state index contributed by atoms with van der Waals surface area (Å²) in [6, 6.07) is 6.92. The molecule has 2 amide bonds. The average molecular weight is 498 g/mol. The number of aryl methyl sites for hydroxylation is 2. The van der Waals surface area contributed by atoms with Gasteiger partial charge in [0, 0.05) is 29.6 Å². The van der Waals surface area contributed by atoms with Crippen LogP contribution in [0.25, 0.3) is 0 Å². The lowest BCUT2D eigenvalue weighted by Gasteiger charge is -2.23. The fourth-order valence-electron chi connectivity index (χ4n) is 3.80. The zero-order chi connectivity index (χ0) is 26.4. The first-order chi connectivity index (χ1) is 17.2. The van der Waals surface area contributed by atoms with Gasteiger partial charge in [-0.2, -0.15) is 0 Å². The summed E-state index contributed by atoms with van der Waals surface area (Å²) in [7, 11) is 4.45. The third kappa shape index (κ3) is 5.88. The first-order valence-electron chi connectivity index (χ1n) is 11.4. The van der Waals surface area contributed by atoms with Crippen LogP contribution in [0.5, 0.6) is 17.2 Å². The minimum atomic E-state index is -0.456. The Morgan fingerprint density at radius 3 is 2.19 bits per heavy atom. The number of fused-ring (bicyclic) bond motifs is 1. The Labute approximate surface area is 210 Å². The number of hydrogen-bond donors (Lipinski definition) is 2. The van der Waals surface area contributed by atoms with Gasteiger partial charge in [-0.25, -0.2) is 0 Å². The van der Waals surface area contributed by atoms with Gasteiger partial charge < -0.3 is 29.6 Å². The lowest BCUT2D eigenvalue weighted by molar-refractivity contribution is -0.142. The highest BCUT2D eigenvalue weighted by Crippen LogP contribution is 2.40. The van der Waals surface area contributed by atoms with Gasteiger partial charge in [-0.05, 0) is 44.0 Å². The Morgan fingerprint density at radius 1 is 0.972 bits per heavy atom. The summed E-state index contributed by atoms with van der Waals surface area (Å²) in [5.74, 6) is -0.183. The van der Waals surface area contributed by atoms with Crippen LogP contribution in [-0.4, -0.2) is 52.3 Å². The molecule has 3 rings (SSSR count). The highest BCUT2D eigenvalue weighted by atomic mass is 16.5. The zero-order valence-electron chi connectivity index (χ0n) is 21.3. The van der Waals surface area contributed by atoms with E-state index in [9.17, 15) is 14.4 Å². The maximum absolute atomic E-state index is 13.2. The highest BCUT2D eigenvalue weighted by molar-refractivity contribution is 6.10. The summed E-state index contributed by atoms with van der Waals surface area (Å²) in [4.78, 5) is 39.7. The quantitative estimate of drug-likeness (QED) is 0.506. The smallest absolute Gasteiger partial charge is 0.311 e. The van der Waals surface area contributed by atoms with Crippen molar-refractivity contribution in [2.75, 3.05) is 50.0 Å². The predicted octanol–water partition coefficient (Wildman–Crippen LogP) is 3.56. The van der Waals surface area contributed by atoms with Crippen LogP contribution in [0.4, 0.5) is 17.1 Å². The SMILES string of the molecule is CCOC(=O)CC1=CC(=O)N(CC(=O)Nc2cc(OC)c(OC)c(OC)c2)c2cc(C)c(C)cc2N1. The number of nitrogens with one attached hydrogen (secondary N) is 2. The summed E-state index contributed by atoms with van der Waals surface area (Å²) < 4.78 is 21.0. The molecule has 0 spiro atoms. The van der Waals surface area contributed by atoms with Crippen LogP contribution < -0.4 is 29.7 Å². The van der Waals surface area contributed by atoms with Gasteiger partial charge in [0.05, 0.1) is 45.7 Å². The van der Waals surface area contributed by atoms with E-state index in [0.717, 1.165) is 11.1 Å². The van der Waals surface area contributed by atoms with Crippen molar-refractivity contribution in [3.63, 3.8) is 0 Å². The van der Waals surface area contributed by atoms with Crippen LogP contribution in [-0.2, 0) is 19.1 Å². The number of esters is 1. The van der Waals surface area contributed by atoms with E-state index in [1.807, 2.05) is 26.0 Å². The van der Waals surface area contributed by atoms with Gasteiger partial charge in [0.2, 0.25) is 11.7 Å². The molecule has 1 aliphatic rings. The lowest BCUT2D eigenvalue weighted by atomic mass is 10.1. The molecule has 0 saturated heterocycles. The molecule has 2 aromatic rings. The van der Waals surface area contributed by atoms with Gasteiger partial charge in [-0.15, -0.1) is 0 Å². The Hall–Kier alpha value is -4.21. The van der Waals surface area contributed by atoms with Crippen molar-refractivity contribution in [2.45, 2.75) is 27.2 Å². The fraction of sp³-hybridized carbons (Fsp3) is 0.346. The van der Waals surface area contributed by atoms with Crippen LogP contribution in [0.3, 0.4) is 0 Å². The third-order valence-corrected chi connectivity index (χ3v) is 5.65. The van der Waals surface area contributed by atoms with Crippen molar-refractivity contribution in [3.8, 4) is 17.2 Å². The molecule has 0 aliphatic carbocycles. The second kappa shape index (κ2) is 11.5. The van der Waals surface area contributed by atoms with Crippen molar-refractivity contribution in [3.05, 3.63) is 47.2 Å². The molecule has 0 bridgehead atoms. The number of benzene rings is 2. The van der Waals surface area contributed by atoms with E-state index in [2.05, 4.69) is 10.6 Å². The number of carbonyl (C=O) groups excluding carboxylic acids is 3. The van der Waals surface area contributed by atoms with Crippen molar-refractivity contribution < 1.29 is 33.3 Å². The highest BCUT2D eigenvalue weighted by Gasteiger charge is 2.26. The van der Waals surface area contributed by atoms with Crippen LogP contribution in [0, 0.1) is 13.8 Å². The van der Waals surface area contributed by atoms with E-state index >= 15 is 0 Å². The molecule has 10 nitrogen and oxygen atoms in total. The van der Waals surface area contributed by atoms with E-state index in [-0.39, 0.29) is 19.6 Å². The standard InChI is InChI=1S/C26H31N3O7/c1-7-36-25(32)13-18-12-24(31)29(20-9-16(3)15(2)8-19(20)27-18)14-23(30)28-17-10-21(33-4)26(35-6)22(11-17)34-5/h8-12,27H,7,13-14H2,1-6H3,(H,28,30). The number of methoxy groups -OCH3 is 3. The van der Waals surface area contributed by atoms with Gasteiger partial charge >= 0.3 is 5.97 Å². The minimum Gasteiger partial charge on any atom is -0.493 e. The number of ether oxygens (including phenoxy) is 4. The molecule has 1 heterocycles. The molecule has 2 aromatic carbocycles. The van der Waals surface area contributed by atoms with Gasteiger partial charge in [0.1, 0.15) is 6.54 Å². The monoisotopic (exact) mass is 497 g/mol. The van der Waals surface area contributed by atoms with Crippen molar-refractivity contribution >= 4 is 34.8 Å². The summed E-state index contributed by atoms with van der Waals surface area (Å²) in [6.45, 7) is 5.55. The van der Waals surface area contributed by atoms with Gasteiger partial charge in [-0.3, -0.25) is 19.3 Å². The van der Waals surface area contributed by atoms with Crippen LogP contribution >= 0.6 is 0 Å². The van der Waals surface area contributed by atoms with Crippen molar-refractivity contribution in [2.24, 2.45) is 0 Å². The Bertz CT molecular complexity index is 1180. The summed E-state index contributed by atoms with van der Waals surface area (Å²) in [5.41, 5.74) is 3.88. The predicted molar refractivity (Wildman–Crippen MR) is 136 cm³/mol. The molecule has 36 heavy (non-hydrogen) atoms. The molecular weight excluding hydrogens is 466 g/mol. The molecule has 0 aromatic heterocycles. The van der Waals surface area contributed by atoms with E-state index in [0.29, 0.717) is 40.0 Å². The molecule has 192 valence electrons. The van der Waals surface area contributed by atoms with Gasteiger partial charge in [0.25, 0.3) is 5.91 Å². The maximum atomic E-state index is 13.2. The second-order valence-corrected chi connectivity index (χ2v) is 8.12.